The van der Waals surface area contributed by atoms with Gasteiger partial charge in [-0.2, -0.15) is 8.78 Å². The van der Waals surface area contributed by atoms with Gasteiger partial charge in [-0.3, -0.25) is 4.79 Å². The van der Waals surface area contributed by atoms with E-state index >= 15 is 8.78 Å². The number of benzene rings is 2. The first-order valence-electron chi connectivity index (χ1n) is 7.62. The van der Waals surface area contributed by atoms with Crippen LogP contribution >= 0.6 is 0 Å². The molecule has 128 valence electrons. The summed E-state index contributed by atoms with van der Waals surface area (Å²) >= 11 is 0. The maximum Gasteiger partial charge on any atom is 0.363 e. The zero-order valence-electron chi connectivity index (χ0n) is 13.5. The number of oxazole rings is 1. The minimum atomic E-state index is -4.04. The van der Waals surface area contributed by atoms with Crippen LogP contribution in [0.2, 0.25) is 0 Å². The lowest BCUT2D eigenvalue weighted by molar-refractivity contribution is -0.204. The lowest BCUT2D eigenvalue weighted by atomic mass is 9.88. The summed E-state index contributed by atoms with van der Waals surface area (Å²) in [6.07, 6.45) is 0. The van der Waals surface area contributed by atoms with E-state index in [1.807, 2.05) is 0 Å². The van der Waals surface area contributed by atoms with Gasteiger partial charge in [0.2, 0.25) is 5.60 Å². The molecule has 0 saturated carbocycles. The fourth-order valence-corrected chi connectivity index (χ4v) is 3.17. The van der Waals surface area contributed by atoms with E-state index < -0.39 is 23.3 Å². The molecular weight excluding hydrogens is 330 g/mol. The standard InChI is InChI=1S/C18H14F2N2O3/c1-10-7-8-14-12(9-10)21-15(25-14)18(19,20)17(24)11-5-3-4-6-13(11)22(2)16(17)23/h3-9,24H,1-2H3. The van der Waals surface area contributed by atoms with Crippen LogP contribution < -0.4 is 4.90 Å². The second-order valence-corrected chi connectivity index (χ2v) is 6.16. The number of alkyl halides is 2. The van der Waals surface area contributed by atoms with E-state index in [0.717, 1.165) is 10.5 Å². The smallest absolute Gasteiger partial charge is 0.363 e. The molecule has 1 atom stereocenters. The summed E-state index contributed by atoms with van der Waals surface area (Å²) in [5.74, 6) is -6.16. The molecule has 0 spiro atoms. The number of amides is 1. The third-order valence-corrected chi connectivity index (χ3v) is 4.54. The Bertz CT molecular complexity index is 1010. The molecule has 3 aromatic rings. The summed E-state index contributed by atoms with van der Waals surface area (Å²) in [7, 11) is 1.34. The maximum absolute atomic E-state index is 15.2. The first-order chi connectivity index (χ1) is 11.8. The normalized spacial score (nSPS) is 20.4. The number of fused-ring (bicyclic) bond motifs is 2. The monoisotopic (exact) mass is 344 g/mol. The summed E-state index contributed by atoms with van der Waals surface area (Å²) in [5, 5.41) is 10.8. The van der Waals surface area contributed by atoms with Gasteiger partial charge >= 0.3 is 5.92 Å². The summed E-state index contributed by atoms with van der Waals surface area (Å²) in [6, 6.07) is 10.7. The van der Waals surface area contributed by atoms with E-state index in [4.69, 9.17) is 4.42 Å². The molecule has 7 heteroatoms. The molecule has 0 radical (unpaired) electrons. The van der Waals surface area contributed by atoms with Gasteiger partial charge in [0.25, 0.3) is 11.8 Å². The number of aromatic nitrogens is 1. The number of likely N-dealkylation sites (N-methyl/N-ethyl adjacent to an activating group) is 1. The third kappa shape index (κ3) is 1.90. The van der Waals surface area contributed by atoms with E-state index in [0.29, 0.717) is 0 Å². The molecule has 2 aromatic carbocycles. The second-order valence-electron chi connectivity index (χ2n) is 6.16. The van der Waals surface area contributed by atoms with Crippen molar-refractivity contribution in [2.75, 3.05) is 11.9 Å². The number of halogens is 2. The topological polar surface area (TPSA) is 66.6 Å². The molecule has 5 nitrogen and oxygen atoms in total. The Morgan fingerprint density at radius 1 is 1.24 bits per heavy atom. The fraction of sp³-hybridized carbons (Fsp3) is 0.222. The van der Waals surface area contributed by atoms with Crippen molar-refractivity contribution in [3.63, 3.8) is 0 Å². The van der Waals surface area contributed by atoms with E-state index in [2.05, 4.69) is 4.98 Å². The van der Waals surface area contributed by atoms with Crippen LogP contribution in [0.3, 0.4) is 0 Å². The molecule has 1 unspecified atom stereocenters. The Hall–Kier alpha value is -2.80. The summed E-state index contributed by atoms with van der Waals surface area (Å²) in [5.41, 5.74) is -1.79. The summed E-state index contributed by atoms with van der Waals surface area (Å²) in [4.78, 5) is 17.3. The first kappa shape index (κ1) is 15.7. The van der Waals surface area contributed by atoms with E-state index in [-0.39, 0.29) is 22.4 Å². The van der Waals surface area contributed by atoms with Gasteiger partial charge in [0.1, 0.15) is 5.52 Å². The highest BCUT2D eigenvalue weighted by Gasteiger charge is 2.68. The number of nitrogens with zero attached hydrogens (tertiary/aromatic N) is 2. The van der Waals surface area contributed by atoms with Crippen molar-refractivity contribution < 1.29 is 23.1 Å². The highest BCUT2D eigenvalue weighted by Crippen LogP contribution is 2.52. The van der Waals surface area contributed by atoms with Crippen LogP contribution in [-0.2, 0) is 16.3 Å². The molecule has 1 amide bonds. The van der Waals surface area contributed by atoms with Crippen molar-refractivity contribution in [2.45, 2.75) is 18.4 Å². The number of aryl methyl sites for hydroxylation is 1. The summed E-state index contributed by atoms with van der Waals surface area (Å²) in [6.45, 7) is 1.80. The number of hydrogen-bond acceptors (Lipinski definition) is 4. The number of anilines is 1. The number of carbonyl (C=O) groups is 1. The number of carbonyl (C=O) groups excluding carboxylic acids is 1. The Morgan fingerprint density at radius 3 is 2.72 bits per heavy atom. The molecule has 1 N–H and O–H groups in total. The van der Waals surface area contributed by atoms with Crippen molar-refractivity contribution in [3.8, 4) is 0 Å². The Kier molecular flexibility index (Phi) is 3.05. The fourth-order valence-electron chi connectivity index (χ4n) is 3.17. The van der Waals surface area contributed by atoms with Crippen LogP contribution in [0, 0.1) is 6.92 Å². The first-order valence-corrected chi connectivity index (χ1v) is 7.62. The van der Waals surface area contributed by atoms with Crippen LogP contribution in [0.1, 0.15) is 17.0 Å². The van der Waals surface area contributed by atoms with Gasteiger partial charge in [0, 0.05) is 12.6 Å². The van der Waals surface area contributed by atoms with Crippen LogP contribution in [0.4, 0.5) is 14.5 Å². The van der Waals surface area contributed by atoms with E-state index in [1.165, 1.54) is 31.3 Å². The van der Waals surface area contributed by atoms with Crippen molar-refractivity contribution in [1.29, 1.82) is 0 Å². The van der Waals surface area contributed by atoms with Gasteiger partial charge in [-0.1, -0.05) is 24.3 Å². The average Bonchev–Trinajstić information content (AvgIpc) is 3.10. The van der Waals surface area contributed by atoms with E-state index in [1.54, 1.807) is 25.1 Å². The highest BCUT2D eigenvalue weighted by atomic mass is 19.3. The minimum Gasteiger partial charge on any atom is -0.435 e. The zero-order chi connectivity index (χ0) is 18.0. The largest absolute Gasteiger partial charge is 0.435 e. The van der Waals surface area contributed by atoms with Crippen LogP contribution in [0.5, 0.6) is 0 Å². The van der Waals surface area contributed by atoms with Crippen molar-refractivity contribution in [1.82, 2.24) is 4.98 Å². The minimum absolute atomic E-state index is 0.163. The van der Waals surface area contributed by atoms with Crippen molar-refractivity contribution in [3.05, 3.63) is 59.5 Å². The Labute approximate surface area is 141 Å². The van der Waals surface area contributed by atoms with E-state index in [9.17, 15) is 9.90 Å². The molecule has 0 saturated heterocycles. The third-order valence-electron chi connectivity index (χ3n) is 4.54. The maximum atomic E-state index is 15.2. The number of aliphatic hydroxyl groups is 1. The molecule has 1 aliphatic heterocycles. The molecular formula is C18H14F2N2O3. The molecule has 1 aliphatic rings. The lowest BCUT2D eigenvalue weighted by Gasteiger charge is -2.28. The molecule has 0 fully saturated rings. The van der Waals surface area contributed by atoms with Gasteiger partial charge in [0.15, 0.2) is 5.58 Å². The second kappa shape index (κ2) is 4.86. The summed E-state index contributed by atoms with van der Waals surface area (Å²) < 4.78 is 35.6. The van der Waals surface area contributed by atoms with Gasteiger partial charge < -0.3 is 14.4 Å². The Balaban J connectivity index is 1.93. The predicted molar refractivity (Wildman–Crippen MR) is 86.4 cm³/mol. The Morgan fingerprint density at radius 2 is 1.96 bits per heavy atom. The molecule has 4 rings (SSSR count). The van der Waals surface area contributed by atoms with Crippen LogP contribution in [-0.4, -0.2) is 23.0 Å². The number of para-hydroxylation sites is 1. The lowest BCUT2D eigenvalue weighted by Crippen LogP contribution is -2.50. The van der Waals surface area contributed by atoms with Crippen LogP contribution in [0.15, 0.2) is 46.9 Å². The van der Waals surface area contributed by atoms with Gasteiger partial charge in [-0.25, -0.2) is 4.98 Å². The van der Waals surface area contributed by atoms with Gasteiger partial charge in [-0.05, 0) is 30.7 Å². The van der Waals surface area contributed by atoms with Crippen molar-refractivity contribution in [2.24, 2.45) is 0 Å². The molecule has 0 bridgehead atoms. The van der Waals surface area contributed by atoms with Crippen molar-refractivity contribution >= 4 is 22.7 Å². The molecule has 0 aliphatic carbocycles. The highest BCUT2D eigenvalue weighted by molar-refractivity contribution is 6.07. The average molecular weight is 344 g/mol. The molecule has 25 heavy (non-hydrogen) atoms. The van der Waals surface area contributed by atoms with Gasteiger partial charge in [0.05, 0.1) is 5.69 Å². The number of rotatable bonds is 2. The molecule has 1 aromatic heterocycles. The molecule has 2 heterocycles. The SMILES string of the molecule is Cc1ccc2oc(C(F)(F)C3(O)C(=O)N(C)c4ccccc43)nc2c1. The van der Waals surface area contributed by atoms with Crippen LogP contribution in [0.25, 0.3) is 11.1 Å². The quantitative estimate of drug-likeness (QED) is 0.776. The predicted octanol–water partition coefficient (Wildman–Crippen LogP) is 3.09. The zero-order valence-corrected chi connectivity index (χ0v) is 13.5. The van der Waals surface area contributed by atoms with Gasteiger partial charge in [-0.15, -0.1) is 0 Å². The number of hydrogen-bond donors (Lipinski definition) is 1.